The molecule has 1 fully saturated rings. The topological polar surface area (TPSA) is 99.5 Å². The van der Waals surface area contributed by atoms with Gasteiger partial charge in [0.05, 0.1) is 18.2 Å². The maximum atomic E-state index is 13.3. The second-order valence-corrected chi connectivity index (χ2v) is 9.61. The first-order chi connectivity index (χ1) is 18.8. The molecule has 0 aromatic heterocycles. The standard InChI is InChI=1S/C31H34N2O6/c1-4-38-26-19-23(13-16-25(26)34)28-27(30(36)31(37)33(28)18-8-17-32(2)3)29(35)22-11-14-24(15-12-22)39-20-21-9-6-5-7-10-21/h5-7,9-16,19,28,34-35H,4,8,17-18,20H2,1-3H3/b29-27+. The number of aromatic hydroxyl groups is 1. The number of hydrogen-bond acceptors (Lipinski definition) is 7. The van der Waals surface area contributed by atoms with Crippen LogP contribution in [0.15, 0.2) is 78.4 Å². The molecule has 1 atom stereocenters. The van der Waals surface area contributed by atoms with Crippen molar-refractivity contribution in [2.45, 2.75) is 26.0 Å². The summed E-state index contributed by atoms with van der Waals surface area (Å²) in [6.45, 7) is 3.57. The van der Waals surface area contributed by atoms with Crippen LogP contribution in [0.3, 0.4) is 0 Å². The summed E-state index contributed by atoms with van der Waals surface area (Å²) in [6, 6.07) is 20.4. The summed E-state index contributed by atoms with van der Waals surface area (Å²) >= 11 is 0. The zero-order valence-corrected chi connectivity index (χ0v) is 22.5. The third kappa shape index (κ3) is 6.41. The van der Waals surface area contributed by atoms with Crippen LogP contribution in [0, 0.1) is 0 Å². The lowest BCUT2D eigenvalue weighted by Gasteiger charge is -2.26. The van der Waals surface area contributed by atoms with E-state index in [4.69, 9.17) is 9.47 Å². The van der Waals surface area contributed by atoms with E-state index in [1.165, 1.54) is 11.0 Å². The number of carbonyl (C=O) groups is 2. The van der Waals surface area contributed by atoms with E-state index in [1.807, 2.05) is 49.3 Å². The molecule has 1 aliphatic rings. The lowest BCUT2D eigenvalue weighted by Crippen LogP contribution is -2.32. The van der Waals surface area contributed by atoms with Crippen molar-refractivity contribution in [1.29, 1.82) is 0 Å². The average molecular weight is 531 g/mol. The number of rotatable bonds is 11. The summed E-state index contributed by atoms with van der Waals surface area (Å²) in [5.74, 6) is -0.887. The van der Waals surface area contributed by atoms with Crippen LogP contribution in [0.5, 0.6) is 17.2 Å². The van der Waals surface area contributed by atoms with Crippen LogP contribution in [0.1, 0.15) is 36.1 Å². The molecule has 8 heteroatoms. The number of amides is 1. The molecule has 0 aliphatic carbocycles. The van der Waals surface area contributed by atoms with Crippen molar-refractivity contribution in [1.82, 2.24) is 9.80 Å². The number of aliphatic hydroxyl groups excluding tert-OH is 1. The van der Waals surface area contributed by atoms with Gasteiger partial charge in [-0.3, -0.25) is 9.59 Å². The van der Waals surface area contributed by atoms with Crippen LogP contribution in [0.4, 0.5) is 0 Å². The van der Waals surface area contributed by atoms with Crippen LogP contribution in [0.2, 0.25) is 0 Å². The molecule has 0 saturated carbocycles. The first-order valence-corrected chi connectivity index (χ1v) is 13.0. The number of phenols is 1. The monoisotopic (exact) mass is 530 g/mol. The summed E-state index contributed by atoms with van der Waals surface area (Å²) in [6.07, 6.45) is 0.639. The van der Waals surface area contributed by atoms with Crippen molar-refractivity contribution < 1.29 is 29.3 Å². The minimum atomic E-state index is -0.832. The Morgan fingerprint density at radius 2 is 1.69 bits per heavy atom. The number of likely N-dealkylation sites (tertiary alicyclic amines) is 1. The molecule has 8 nitrogen and oxygen atoms in total. The number of phenolic OH excluding ortho intramolecular Hbond substituents is 1. The largest absolute Gasteiger partial charge is 0.507 e. The molecule has 0 spiro atoms. The molecule has 3 aromatic carbocycles. The van der Waals surface area contributed by atoms with E-state index in [1.54, 1.807) is 43.3 Å². The molecule has 4 rings (SSSR count). The van der Waals surface area contributed by atoms with Gasteiger partial charge in [-0.1, -0.05) is 36.4 Å². The number of ether oxygens (including phenoxy) is 2. The van der Waals surface area contributed by atoms with E-state index in [-0.39, 0.29) is 22.8 Å². The molecular weight excluding hydrogens is 496 g/mol. The van der Waals surface area contributed by atoms with Gasteiger partial charge in [0.1, 0.15) is 18.1 Å². The van der Waals surface area contributed by atoms with Gasteiger partial charge >= 0.3 is 0 Å². The Morgan fingerprint density at radius 1 is 0.974 bits per heavy atom. The predicted octanol–water partition coefficient (Wildman–Crippen LogP) is 4.74. The van der Waals surface area contributed by atoms with Crippen molar-refractivity contribution in [2.75, 3.05) is 33.8 Å². The zero-order valence-electron chi connectivity index (χ0n) is 22.5. The summed E-state index contributed by atoms with van der Waals surface area (Å²) in [4.78, 5) is 30.0. The Morgan fingerprint density at radius 3 is 2.36 bits per heavy atom. The molecule has 204 valence electrons. The predicted molar refractivity (Wildman–Crippen MR) is 149 cm³/mol. The van der Waals surface area contributed by atoms with Gasteiger partial charge in [0, 0.05) is 12.1 Å². The Labute approximate surface area is 228 Å². The molecule has 0 radical (unpaired) electrons. The number of ketones is 1. The molecule has 0 bridgehead atoms. The molecule has 1 heterocycles. The van der Waals surface area contributed by atoms with E-state index in [9.17, 15) is 19.8 Å². The first kappa shape index (κ1) is 27.7. The molecule has 39 heavy (non-hydrogen) atoms. The third-order valence-electron chi connectivity index (χ3n) is 6.52. The first-order valence-electron chi connectivity index (χ1n) is 13.0. The normalized spacial score (nSPS) is 16.6. The molecule has 1 unspecified atom stereocenters. The van der Waals surface area contributed by atoms with Gasteiger partial charge in [-0.15, -0.1) is 0 Å². The molecule has 3 aromatic rings. The summed E-state index contributed by atoms with van der Waals surface area (Å²) < 4.78 is 11.4. The number of Topliss-reactive ketones (excluding diaryl/α,β-unsaturated/α-hetero) is 1. The van der Waals surface area contributed by atoms with Crippen molar-refractivity contribution in [3.63, 3.8) is 0 Å². The Hall–Kier alpha value is -4.30. The van der Waals surface area contributed by atoms with E-state index in [0.717, 1.165) is 12.1 Å². The van der Waals surface area contributed by atoms with Crippen molar-refractivity contribution in [3.8, 4) is 17.2 Å². The number of aliphatic hydroxyl groups is 1. The molecule has 2 N–H and O–H groups in total. The highest BCUT2D eigenvalue weighted by Crippen LogP contribution is 2.42. The second kappa shape index (κ2) is 12.5. The third-order valence-corrected chi connectivity index (χ3v) is 6.52. The van der Waals surface area contributed by atoms with Crippen LogP contribution in [0.25, 0.3) is 5.76 Å². The molecule has 1 saturated heterocycles. The number of hydrogen-bond donors (Lipinski definition) is 2. The van der Waals surface area contributed by atoms with Crippen molar-refractivity contribution in [2.24, 2.45) is 0 Å². The highest BCUT2D eigenvalue weighted by molar-refractivity contribution is 6.46. The number of nitrogens with zero attached hydrogens (tertiary/aromatic N) is 2. The van der Waals surface area contributed by atoms with Gasteiger partial charge < -0.3 is 29.5 Å². The smallest absolute Gasteiger partial charge is 0.295 e. The Kier molecular flexibility index (Phi) is 8.88. The van der Waals surface area contributed by atoms with Crippen molar-refractivity contribution >= 4 is 17.4 Å². The van der Waals surface area contributed by atoms with Crippen LogP contribution in [-0.2, 0) is 16.2 Å². The number of carbonyl (C=O) groups excluding carboxylic acids is 2. The SMILES string of the molecule is CCOc1cc(C2/C(=C(\O)c3ccc(OCc4ccccc4)cc3)C(=O)C(=O)N2CCCN(C)C)ccc1O. The van der Waals surface area contributed by atoms with Crippen molar-refractivity contribution in [3.05, 3.63) is 95.1 Å². The van der Waals surface area contributed by atoms with E-state index >= 15 is 0 Å². The van der Waals surface area contributed by atoms with Gasteiger partial charge in [-0.25, -0.2) is 0 Å². The van der Waals surface area contributed by atoms with Crippen LogP contribution in [-0.4, -0.2) is 65.5 Å². The van der Waals surface area contributed by atoms with Gasteiger partial charge in [-0.2, -0.15) is 0 Å². The van der Waals surface area contributed by atoms with E-state index in [2.05, 4.69) is 0 Å². The summed E-state index contributed by atoms with van der Waals surface area (Å²) in [5, 5.41) is 21.6. The lowest BCUT2D eigenvalue weighted by atomic mass is 9.95. The van der Waals surface area contributed by atoms with Crippen LogP contribution >= 0.6 is 0 Å². The zero-order chi connectivity index (χ0) is 27.9. The molecule has 1 amide bonds. The fourth-order valence-electron chi connectivity index (χ4n) is 4.59. The maximum absolute atomic E-state index is 13.3. The fraction of sp³-hybridized carbons (Fsp3) is 0.290. The quantitative estimate of drug-likeness (QED) is 0.210. The van der Waals surface area contributed by atoms with Gasteiger partial charge in [-0.05, 0) is 81.5 Å². The minimum Gasteiger partial charge on any atom is -0.507 e. The summed E-state index contributed by atoms with van der Waals surface area (Å²) in [5.41, 5.74) is 1.97. The average Bonchev–Trinajstić information content (AvgIpc) is 3.18. The molecular formula is C31H34N2O6. The molecule has 1 aliphatic heterocycles. The number of benzene rings is 3. The fourth-order valence-corrected chi connectivity index (χ4v) is 4.59. The second-order valence-electron chi connectivity index (χ2n) is 9.61. The Balaban J connectivity index is 1.68. The van der Waals surface area contributed by atoms with E-state index in [0.29, 0.717) is 43.1 Å². The lowest BCUT2D eigenvalue weighted by molar-refractivity contribution is -0.139. The van der Waals surface area contributed by atoms with Gasteiger partial charge in [0.2, 0.25) is 0 Å². The van der Waals surface area contributed by atoms with Crippen LogP contribution < -0.4 is 9.47 Å². The highest BCUT2D eigenvalue weighted by atomic mass is 16.5. The summed E-state index contributed by atoms with van der Waals surface area (Å²) in [7, 11) is 3.88. The highest BCUT2D eigenvalue weighted by Gasteiger charge is 2.46. The van der Waals surface area contributed by atoms with Gasteiger partial charge in [0.15, 0.2) is 11.5 Å². The van der Waals surface area contributed by atoms with E-state index < -0.39 is 17.7 Å². The minimum absolute atomic E-state index is 0.00375. The maximum Gasteiger partial charge on any atom is 0.295 e. The Bertz CT molecular complexity index is 1330. The van der Waals surface area contributed by atoms with Gasteiger partial charge in [0.25, 0.3) is 11.7 Å².